The van der Waals surface area contributed by atoms with E-state index in [2.05, 4.69) is 15.3 Å². The van der Waals surface area contributed by atoms with Crippen LogP contribution in [-0.4, -0.2) is 22.3 Å². The Morgan fingerprint density at radius 3 is 2.57 bits per heavy atom. The van der Waals surface area contributed by atoms with Gasteiger partial charge in [-0.3, -0.25) is 10.1 Å². The molecule has 140 valence electrons. The molecule has 3 aromatic rings. The standard InChI is InChI=1S/C20H16N4O3S/c1-28-19-23-17(16(11-21)18(25)24-19)14-7-9-15(10-8-14)22-20(26)27-12-13-5-3-2-4-6-13/h2-10H,12H2,1H3,(H,22,26)(H,23,24,25). The lowest BCUT2D eigenvalue weighted by molar-refractivity contribution is 0.155. The Morgan fingerprint density at radius 2 is 1.93 bits per heavy atom. The molecule has 28 heavy (non-hydrogen) atoms. The predicted octanol–water partition coefficient (Wildman–Crippen LogP) is 3.78. The third-order valence-electron chi connectivity index (χ3n) is 3.82. The number of aromatic nitrogens is 2. The van der Waals surface area contributed by atoms with E-state index in [1.165, 1.54) is 11.8 Å². The maximum absolute atomic E-state index is 12.0. The highest BCUT2D eigenvalue weighted by atomic mass is 32.2. The van der Waals surface area contributed by atoms with Gasteiger partial charge in [0, 0.05) is 11.3 Å². The van der Waals surface area contributed by atoms with E-state index in [4.69, 9.17) is 4.74 Å². The van der Waals surface area contributed by atoms with Crippen molar-refractivity contribution in [1.29, 1.82) is 5.26 Å². The van der Waals surface area contributed by atoms with Crippen LogP contribution in [0.3, 0.4) is 0 Å². The smallest absolute Gasteiger partial charge is 0.411 e. The molecule has 0 aliphatic rings. The number of nitriles is 1. The number of hydrogen-bond donors (Lipinski definition) is 2. The van der Waals surface area contributed by atoms with Crippen LogP contribution in [0.5, 0.6) is 0 Å². The molecule has 0 spiro atoms. The molecule has 0 saturated heterocycles. The van der Waals surface area contributed by atoms with Crippen molar-refractivity contribution in [3.05, 3.63) is 76.1 Å². The number of nitrogens with one attached hydrogen (secondary N) is 2. The van der Waals surface area contributed by atoms with Gasteiger partial charge in [0.15, 0.2) is 5.16 Å². The number of carbonyl (C=O) groups is 1. The molecule has 0 saturated carbocycles. The summed E-state index contributed by atoms with van der Waals surface area (Å²) in [6, 6.07) is 17.9. The minimum Gasteiger partial charge on any atom is -0.444 e. The molecule has 8 heteroatoms. The van der Waals surface area contributed by atoms with Crippen molar-refractivity contribution in [2.24, 2.45) is 0 Å². The summed E-state index contributed by atoms with van der Waals surface area (Å²) in [6.07, 6.45) is 1.20. The predicted molar refractivity (Wildman–Crippen MR) is 107 cm³/mol. The highest BCUT2D eigenvalue weighted by molar-refractivity contribution is 7.98. The second-order valence-corrected chi connectivity index (χ2v) is 6.47. The molecule has 1 amide bonds. The number of rotatable bonds is 5. The van der Waals surface area contributed by atoms with Gasteiger partial charge in [-0.25, -0.2) is 9.78 Å². The number of carbonyl (C=O) groups excluding carboxylic acids is 1. The first-order valence-electron chi connectivity index (χ1n) is 8.27. The maximum Gasteiger partial charge on any atom is 0.411 e. The van der Waals surface area contributed by atoms with Crippen LogP contribution >= 0.6 is 11.8 Å². The van der Waals surface area contributed by atoms with Crippen LogP contribution in [-0.2, 0) is 11.3 Å². The number of ether oxygens (including phenoxy) is 1. The van der Waals surface area contributed by atoms with E-state index < -0.39 is 11.7 Å². The molecule has 0 atom stereocenters. The molecule has 0 aliphatic carbocycles. The molecule has 3 rings (SSSR count). The Kier molecular flexibility index (Phi) is 6.09. The SMILES string of the molecule is CSc1nc(-c2ccc(NC(=O)OCc3ccccc3)cc2)c(C#N)c(=O)[nH]1. The molecule has 0 unspecified atom stereocenters. The number of thioether (sulfide) groups is 1. The number of hydrogen-bond acceptors (Lipinski definition) is 6. The number of H-pyrrole nitrogens is 1. The first-order chi connectivity index (χ1) is 13.6. The Morgan fingerprint density at radius 1 is 1.21 bits per heavy atom. The van der Waals surface area contributed by atoms with Gasteiger partial charge in [-0.15, -0.1) is 0 Å². The third kappa shape index (κ3) is 4.58. The Balaban J connectivity index is 1.72. The molecule has 1 heterocycles. The van der Waals surface area contributed by atoms with E-state index >= 15 is 0 Å². The van der Waals surface area contributed by atoms with E-state index in [1.54, 1.807) is 30.5 Å². The summed E-state index contributed by atoms with van der Waals surface area (Å²) in [4.78, 5) is 30.8. The minimum absolute atomic E-state index is 0.0548. The number of amides is 1. The van der Waals surface area contributed by atoms with Crippen LogP contribution in [0.15, 0.2) is 64.5 Å². The van der Waals surface area contributed by atoms with Crippen LogP contribution in [0, 0.1) is 11.3 Å². The summed E-state index contributed by atoms with van der Waals surface area (Å²) in [7, 11) is 0. The summed E-state index contributed by atoms with van der Waals surface area (Å²) < 4.78 is 5.18. The van der Waals surface area contributed by atoms with Crippen molar-refractivity contribution in [3.8, 4) is 17.3 Å². The van der Waals surface area contributed by atoms with Crippen LogP contribution in [0.2, 0.25) is 0 Å². The van der Waals surface area contributed by atoms with Crippen molar-refractivity contribution in [1.82, 2.24) is 9.97 Å². The summed E-state index contributed by atoms with van der Waals surface area (Å²) >= 11 is 1.28. The molecule has 7 nitrogen and oxygen atoms in total. The van der Waals surface area contributed by atoms with Gasteiger partial charge in [0.1, 0.15) is 18.2 Å². The first-order valence-corrected chi connectivity index (χ1v) is 9.49. The van der Waals surface area contributed by atoms with E-state index in [1.807, 2.05) is 36.4 Å². The fraction of sp³-hybridized carbons (Fsp3) is 0.100. The van der Waals surface area contributed by atoms with Crippen LogP contribution in [0.4, 0.5) is 10.5 Å². The molecule has 0 radical (unpaired) electrons. The summed E-state index contributed by atoms with van der Waals surface area (Å²) in [5.74, 6) is 0. The van der Waals surface area contributed by atoms with Crippen molar-refractivity contribution < 1.29 is 9.53 Å². The molecule has 2 N–H and O–H groups in total. The number of aromatic amines is 1. The fourth-order valence-corrected chi connectivity index (χ4v) is 2.83. The second-order valence-electron chi connectivity index (χ2n) is 5.67. The van der Waals surface area contributed by atoms with Gasteiger partial charge in [-0.2, -0.15) is 5.26 Å². The fourth-order valence-electron chi connectivity index (χ4n) is 2.45. The van der Waals surface area contributed by atoms with E-state index in [0.29, 0.717) is 22.1 Å². The normalized spacial score (nSPS) is 10.1. The molecule has 0 aliphatic heterocycles. The van der Waals surface area contributed by atoms with Gasteiger partial charge >= 0.3 is 6.09 Å². The molecular weight excluding hydrogens is 376 g/mol. The van der Waals surface area contributed by atoms with Crippen molar-refractivity contribution >= 4 is 23.5 Å². The van der Waals surface area contributed by atoms with Crippen molar-refractivity contribution in [3.63, 3.8) is 0 Å². The highest BCUT2D eigenvalue weighted by Crippen LogP contribution is 2.23. The molecule has 1 aromatic heterocycles. The summed E-state index contributed by atoms with van der Waals surface area (Å²) in [6.45, 7) is 0.171. The zero-order valence-electron chi connectivity index (χ0n) is 14.9. The second kappa shape index (κ2) is 8.88. The number of nitrogens with zero attached hydrogens (tertiary/aromatic N) is 2. The van der Waals surface area contributed by atoms with Crippen molar-refractivity contribution in [2.75, 3.05) is 11.6 Å². The molecule has 2 aromatic carbocycles. The van der Waals surface area contributed by atoms with E-state index in [-0.39, 0.29) is 12.2 Å². The topological polar surface area (TPSA) is 108 Å². The molecule has 0 fully saturated rings. The average molecular weight is 392 g/mol. The van der Waals surface area contributed by atoms with E-state index in [9.17, 15) is 14.9 Å². The van der Waals surface area contributed by atoms with Gasteiger partial charge in [0.25, 0.3) is 5.56 Å². The van der Waals surface area contributed by atoms with Crippen LogP contribution in [0.1, 0.15) is 11.1 Å². The van der Waals surface area contributed by atoms with Gasteiger partial charge in [0.2, 0.25) is 0 Å². The Labute approximate surface area is 165 Å². The van der Waals surface area contributed by atoms with Gasteiger partial charge in [-0.1, -0.05) is 54.2 Å². The van der Waals surface area contributed by atoms with Gasteiger partial charge in [0.05, 0.1) is 5.69 Å². The lowest BCUT2D eigenvalue weighted by Gasteiger charge is -2.09. The minimum atomic E-state index is -0.576. The monoisotopic (exact) mass is 392 g/mol. The van der Waals surface area contributed by atoms with Crippen molar-refractivity contribution in [2.45, 2.75) is 11.8 Å². The zero-order valence-corrected chi connectivity index (χ0v) is 15.7. The maximum atomic E-state index is 12.0. The Hall–Kier alpha value is -3.57. The van der Waals surface area contributed by atoms with Gasteiger partial charge < -0.3 is 9.72 Å². The lowest BCUT2D eigenvalue weighted by atomic mass is 10.1. The summed E-state index contributed by atoms with van der Waals surface area (Å²) in [5, 5.41) is 12.3. The Bertz CT molecular complexity index is 1070. The molecule has 0 bridgehead atoms. The zero-order chi connectivity index (χ0) is 19.9. The van der Waals surface area contributed by atoms with Crippen LogP contribution < -0.4 is 10.9 Å². The quantitative estimate of drug-likeness (QED) is 0.505. The average Bonchev–Trinajstić information content (AvgIpc) is 2.73. The largest absolute Gasteiger partial charge is 0.444 e. The lowest BCUT2D eigenvalue weighted by Crippen LogP contribution is -2.15. The summed E-state index contributed by atoms with van der Waals surface area (Å²) in [5.41, 5.74) is 1.77. The van der Waals surface area contributed by atoms with Crippen LogP contribution in [0.25, 0.3) is 11.3 Å². The molecular formula is C20H16N4O3S. The highest BCUT2D eigenvalue weighted by Gasteiger charge is 2.13. The van der Waals surface area contributed by atoms with Gasteiger partial charge in [-0.05, 0) is 24.0 Å². The number of benzene rings is 2. The number of anilines is 1. The van der Waals surface area contributed by atoms with E-state index in [0.717, 1.165) is 5.56 Å². The third-order valence-corrected chi connectivity index (χ3v) is 4.40. The first kappa shape index (κ1) is 19.2.